The van der Waals surface area contributed by atoms with E-state index in [-0.39, 0.29) is 27.2 Å². The van der Waals surface area contributed by atoms with E-state index < -0.39 is 12.0 Å². The number of phenols is 1. The molecule has 1 unspecified atom stereocenters. The normalized spacial score (nSPS) is 12.5. The molecular weight excluding hydrogens is 276 g/mol. The molecule has 0 amide bonds. The van der Waals surface area contributed by atoms with Crippen molar-refractivity contribution >= 4 is 40.8 Å². The number of rotatable bonds is 3. The lowest BCUT2D eigenvalue weighted by Gasteiger charge is -2.12. The van der Waals surface area contributed by atoms with E-state index in [1.54, 1.807) is 0 Å². The Morgan fingerprint density at radius 1 is 1.38 bits per heavy atom. The fourth-order valence-corrected chi connectivity index (χ4v) is 1.88. The number of hydrogen-bond acceptors (Lipinski definition) is 3. The number of carbonyl (C=O) groups is 1. The van der Waals surface area contributed by atoms with Crippen molar-refractivity contribution in [3.05, 3.63) is 26.7 Å². The molecule has 0 fully saturated rings. The smallest absolute Gasteiger partial charge is 0.320 e. The number of carboxylic acid groups (broad SMARTS) is 1. The molecule has 1 atom stereocenters. The molecule has 0 radical (unpaired) electrons. The van der Waals surface area contributed by atoms with Gasteiger partial charge in [-0.25, -0.2) is 0 Å². The summed E-state index contributed by atoms with van der Waals surface area (Å²) in [6.45, 7) is 0. The SMILES string of the molecule is NC(Cc1c(Cl)cc(O)c(Cl)c1Cl)C(=O)O. The molecule has 1 rings (SSSR count). The highest BCUT2D eigenvalue weighted by molar-refractivity contribution is 6.45. The van der Waals surface area contributed by atoms with Gasteiger partial charge in [-0.1, -0.05) is 34.8 Å². The highest BCUT2D eigenvalue weighted by Crippen LogP contribution is 2.38. The third kappa shape index (κ3) is 2.71. The maximum atomic E-state index is 10.6. The Morgan fingerprint density at radius 3 is 2.44 bits per heavy atom. The van der Waals surface area contributed by atoms with Crippen molar-refractivity contribution in [3.8, 4) is 5.75 Å². The van der Waals surface area contributed by atoms with Crippen LogP contribution in [-0.4, -0.2) is 22.2 Å². The summed E-state index contributed by atoms with van der Waals surface area (Å²) in [4.78, 5) is 10.6. The van der Waals surface area contributed by atoms with Crippen LogP contribution in [0.15, 0.2) is 6.07 Å². The van der Waals surface area contributed by atoms with Gasteiger partial charge in [0.15, 0.2) is 0 Å². The molecule has 88 valence electrons. The number of hydrogen-bond donors (Lipinski definition) is 3. The molecule has 0 aliphatic rings. The average Bonchev–Trinajstić information content (AvgIpc) is 2.20. The van der Waals surface area contributed by atoms with Gasteiger partial charge in [-0.3, -0.25) is 4.79 Å². The van der Waals surface area contributed by atoms with Gasteiger partial charge in [0.05, 0.1) is 5.02 Å². The Morgan fingerprint density at radius 2 is 1.94 bits per heavy atom. The predicted molar refractivity (Wildman–Crippen MR) is 62.5 cm³/mol. The van der Waals surface area contributed by atoms with Gasteiger partial charge in [0.1, 0.15) is 16.8 Å². The van der Waals surface area contributed by atoms with E-state index in [0.717, 1.165) is 0 Å². The molecule has 1 aromatic carbocycles. The fraction of sp³-hybridized carbons (Fsp3) is 0.222. The summed E-state index contributed by atoms with van der Waals surface area (Å²) in [5.41, 5.74) is 5.66. The Kier molecular flexibility index (Phi) is 4.27. The van der Waals surface area contributed by atoms with E-state index in [1.807, 2.05) is 0 Å². The van der Waals surface area contributed by atoms with Crippen LogP contribution in [0.2, 0.25) is 15.1 Å². The molecule has 4 nitrogen and oxygen atoms in total. The highest BCUT2D eigenvalue weighted by atomic mass is 35.5. The molecule has 0 aliphatic heterocycles. The number of carboxylic acids is 1. The Hall–Kier alpha value is -0.680. The van der Waals surface area contributed by atoms with Crippen molar-refractivity contribution < 1.29 is 15.0 Å². The van der Waals surface area contributed by atoms with E-state index in [9.17, 15) is 9.90 Å². The summed E-state index contributed by atoms with van der Waals surface area (Å²) >= 11 is 17.3. The molecule has 0 saturated heterocycles. The highest BCUT2D eigenvalue weighted by Gasteiger charge is 2.19. The minimum absolute atomic E-state index is 0.0170. The Bertz CT molecular complexity index is 436. The average molecular weight is 285 g/mol. The molecule has 0 bridgehead atoms. The van der Waals surface area contributed by atoms with Crippen LogP contribution in [0.3, 0.4) is 0 Å². The van der Waals surface area contributed by atoms with E-state index >= 15 is 0 Å². The topological polar surface area (TPSA) is 83.5 Å². The molecule has 7 heteroatoms. The van der Waals surface area contributed by atoms with E-state index in [2.05, 4.69) is 0 Å². The van der Waals surface area contributed by atoms with Gasteiger partial charge in [0.25, 0.3) is 0 Å². The standard InChI is InChI=1S/C9H8Cl3NO3/c10-4-2-6(14)8(12)7(11)3(4)1-5(13)9(15)16/h2,5,14H,1,13H2,(H,15,16). The van der Waals surface area contributed by atoms with Gasteiger partial charge >= 0.3 is 5.97 Å². The van der Waals surface area contributed by atoms with E-state index in [1.165, 1.54) is 6.07 Å². The summed E-state index contributed by atoms with van der Waals surface area (Å²) in [6, 6.07) is 0.0651. The molecular formula is C9H8Cl3NO3. The van der Waals surface area contributed by atoms with Crippen LogP contribution in [0.25, 0.3) is 0 Å². The molecule has 0 aliphatic carbocycles. The number of nitrogens with two attached hydrogens (primary N) is 1. The molecule has 1 aromatic rings. The van der Waals surface area contributed by atoms with Crippen LogP contribution < -0.4 is 5.73 Å². The van der Waals surface area contributed by atoms with Crippen molar-refractivity contribution in [2.75, 3.05) is 0 Å². The van der Waals surface area contributed by atoms with Gasteiger partial charge in [0, 0.05) is 17.5 Å². The number of aromatic hydroxyl groups is 1. The first-order chi connectivity index (χ1) is 7.34. The molecule has 0 aromatic heterocycles. The minimum atomic E-state index is -1.17. The molecule has 16 heavy (non-hydrogen) atoms. The molecule has 0 heterocycles. The number of benzene rings is 1. The second-order valence-corrected chi connectivity index (χ2v) is 4.30. The number of phenolic OH excluding ortho intramolecular Hbond substituents is 1. The van der Waals surface area contributed by atoms with E-state index in [0.29, 0.717) is 5.56 Å². The van der Waals surface area contributed by atoms with Crippen molar-refractivity contribution in [2.24, 2.45) is 5.73 Å². The zero-order chi connectivity index (χ0) is 12.5. The second-order valence-electron chi connectivity index (χ2n) is 3.13. The zero-order valence-corrected chi connectivity index (χ0v) is 10.1. The second kappa shape index (κ2) is 5.10. The number of halogens is 3. The maximum absolute atomic E-state index is 10.6. The maximum Gasteiger partial charge on any atom is 0.320 e. The van der Waals surface area contributed by atoms with Crippen LogP contribution in [0, 0.1) is 0 Å². The molecule has 0 spiro atoms. The third-order valence-corrected chi connectivity index (χ3v) is 3.21. The fourth-order valence-electron chi connectivity index (χ4n) is 1.11. The third-order valence-electron chi connectivity index (χ3n) is 1.98. The molecule has 4 N–H and O–H groups in total. The van der Waals surface area contributed by atoms with Crippen LogP contribution >= 0.6 is 34.8 Å². The van der Waals surface area contributed by atoms with Crippen LogP contribution in [0.5, 0.6) is 5.75 Å². The van der Waals surface area contributed by atoms with Crippen LogP contribution in [0.4, 0.5) is 0 Å². The largest absolute Gasteiger partial charge is 0.506 e. The quantitative estimate of drug-likeness (QED) is 0.744. The van der Waals surface area contributed by atoms with Crippen molar-refractivity contribution in [2.45, 2.75) is 12.5 Å². The Labute approximate surface area is 107 Å². The number of aliphatic carboxylic acids is 1. The first kappa shape index (κ1) is 13.4. The van der Waals surface area contributed by atoms with Crippen molar-refractivity contribution in [1.29, 1.82) is 0 Å². The van der Waals surface area contributed by atoms with Crippen LogP contribution in [0.1, 0.15) is 5.56 Å². The lowest BCUT2D eigenvalue weighted by molar-refractivity contribution is -0.138. The summed E-state index contributed by atoms with van der Waals surface area (Å²) in [7, 11) is 0. The van der Waals surface area contributed by atoms with Gasteiger partial charge in [-0.05, 0) is 5.56 Å². The summed E-state index contributed by atoms with van der Waals surface area (Å²) in [5, 5.41) is 18.0. The molecule has 0 saturated carbocycles. The first-order valence-electron chi connectivity index (χ1n) is 4.18. The lowest BCUT2D eigenvalue weighted by atomic mass is 10.1. The van der Waals surface area contributed by atoms with Gasteiger partial charge < -0.3 is 15.9 Å². The summed E-state index contributed by atoms with van der Waals surface area (Å²) in [6.07, 6.45) is -0.0625. The zero-order valence-electron chi connectivity index (χ0n) is 7.88. The summed E-state index contributed by atoms with van der Waals surface area (Å²) < 4.78 is 0. The Balaban J connectivity index is 3.14. The lowest BCUT2D eigenvalue weighted by Crippen LogP contribution is -2.32. The minimum Gasteiger partial charge on any atom is -0.506 e. The van der Waals surface area contributed by atoms with Gasteiger partial charge in [-0.15, -0.1) is 0 Å². The van der Waals surface area contributed by atoms with Gasteiger partial charge in [-0.2, -0.15) is 0 Å². The predicted octanol–water partition coefficient (Wildman–Crippen LogP) is 2.31. The first-order valence-corrected chi connectivity index (χ1v) is 5.31. The van der Waals surface area contributed by atoms with Gasteiger partial charge in [0.2, 0.25) is 0 Å². The van der Waals surface area contributed by atoms with Crippen molar-refractivity contribution in [1.82, 2.24) is 0 Å². The van der Waals surface area contributed by atoms with Crippen LogP contribution in [-0.2, 0) is 11.2 Å². The monoisotopic (exact) mass is 283 g/mol. The van der Waals surface area contributed by atoms with E-state index in [4.69, 9.17) is 45.6 Å². The summed E-state index contributed by atoms with van der Waals surface area (Å²) in [5.74, 6) is -1.43. The van der Waals surface area contributed by atoms with Crippen molar-refractivity contribution in [3.63, 3.8) is 0 Å².